The molecule has 0 radical (unpaired) electrons. The molecule has 0 aliphatic heterocycles. The third-order valence-corrected chi connectivity index (χ3v) is 1.42. The highest BCUT2D eigenvalue weighted by molar-refractivity contribution is 5.48. The highest BCUT2D eigenvalue weighted by Gasteiger charge is 2.33. The molecule has 44 valence electrons. The smallest absolute Gasteiger partial charge is 0.207 e. The maximum Gasteiger partial charge on any atom is 0.207 e. The van der Waals surface area contributed by atoms with Gasteiger partial charge in [0.15, 0.2) is 0 Å². The summed E-state index contributed by atoms with van der Waals surface area (Å²) < 4.78 is 0. The van der Waals surface area contributed by atoms with E-state index in [0.717, 1.165) is 12.8 Å². The highest BCUT2D eigenvalue weighted by Crippen LogP contribution is 2.30. The summed E-state index contributed by atoms with van der Waals surface area (Å²) in [7, 11) is 0. The first kappa shape index (κ1) is 5.35. The van der Waals surface area contributed by atoms with Crippen molar-refractivity contribution in [1.82, 2.24) is 5.32 Å². The molecule has 1 saturated carbocycles. The lowest BCUT2D eigenvalue weighted by Crippen LogP contribution is -2.14. The van der Waals surface area contributed by atoms with Gasteiger partial charge in [-0.2, -0.15) is 0 Å². The lowest BCUT2D eigenvalue weighted by atomic mass is 10.4. The first-order chi connectivity index (χ1) is 3.88. The zero-order chi connectivity index (χ0) is 5.98. The van der Waals surface area contributed by atoms with E-state index < -0.39 is 0 Å². The van der Waals surface area contributed by atoms with E-state index in [1.807, 2.05) is 6.08 Å². The van der Waals surface area contributed by atoms with E-state index >= 15 is 0 Å². The van der Waals surface area contributed by atoms with Crippen molar-refractivity contribution in [3.05, 3.63) is 12.7 Å². The van der Waals surface area contributed by atoms with Gasteiger partial charge in [-0.1, -0.05) is 6.08 Å². The normalized spacial score (nSPS) is 33.5. The summed E-state index contributed by atoms with van der Waals surface area (Å²) in [5, 5.41) is 2.67. The largest absolute Gasteiger partial charge is 0.355 e. The quantitative estimate of drug-likeness (QED) is 0.412. The van der Waals surface area contributed by atoms with Gasteiger partial charge in [0.25, 0.3) is 0 Å². The Morgan fingerprint density at radius 2 is 2.50 bits per heavy atom. The second-order valence-corrected chi connectivity index (χ2v) is 2.03. The number of amides is 1. The highest BCUT2D eigenvalue weighted by atomic mass is 16.1. The van der Waals surface area contributed by atoms with E-state index in [0.29, 0.717) is 12.0 Å². The zero-order valence-electron chi connectivity index (χ0n) is 4.63. The van der Waals surface area contributed by atoms with Gasteiger partial charge in [-0.05, 0) is 12.3 Å². The number of carbonyl (C=O) groups is 1. The van der Waals surface area contributed by atoms with E-state index in [-0.39, 0.29) is 0 Å². The predicted octanol–water partition coefficient (Wildman–Crippen LogP) is 0.307. The molecule has 8 heavy (non-hydrogen) atoms. The average Bonchev–Trinajstić information content (AvgIpc) is 2.48. The first-order valence-corrected chi connectivity index (χ1v) is 2.70. The summed E-state index contributed by atoms with van der Waals surface area (Å²) in [6.07, 6.45) is 3.69. The van der Waals surface area contributed by atoms with Crippen LogP contribution in [0, 0.1) is 5.92 Å². The summed E-state index contributed by atoms with van der Waals surface area (Å²) >= 11 is 0. The van der Waals surface area contributed by atoms with Crippen molar-refractivity contribution in [1.29, 1.82) is 0 Å². The molecule has 1 rings (SSSR count). The molecule has 1 aliphatic carbocycles. The molecule has 2 heteroatoms. The third kappa shape index (κ3) is 0.886. The minimum atomic E-state index is 0.394. The van der Waals surface area contributed by atoms with Crippen LogP contribution in [-0.4, -0.2) is 12.5 Å². The first-order valence-electron chi connectivity index (χ1n) is 2.70. The van der Waals surface area contributed by atoms with Crippen molar-refractivity contribution in [3.8, 4) is 0 Å². The average molecular weight is 111 g/mol. The van der Waals surface area contributed by atoms with E-state index in [9.17, 15) is 4.79 Å². The van der Waals surface area contributed by atoms with Crippen LogP contribution in [0.4, 0.5) is 0 Å². The summed E-state index contributed by atoms with van der Waals surface area (Å²) in [5.41, 5.74) is 0. The van der Waals surface area contributed by atoms with Crippen LogP contribution in [0.25, 0.3) is 0 Å². The van der Waals surface area contributed by atoms with Gasteiger partial charge in [-0.15, -0.1) is 6.58 Å². The van der Waals surface area contributed by atoms with Crippen molar-refractivity contribution in [2.45, 2.75) is 12.5 Å². The van der Waals surface area contributed by atoms with E-state index in [2.05, 4.69) is 11.9 Å². The second kappa shape index (κ2) is 1.99. The Bertz CT molecular complexity index is 111. The SMILES string of the molecule is C=CC1CC1NC=O. The van der Waals surface area contributed by atoms with Crippen molar-refractivity contribution in [2.24, 2.45) is 5.92 Å². The summed E-state index contributed by atoms with van der Waals surface area (Å²) in [5.74, 6) is 0.542. The van der Waals surface area contributed by atoms with E-state index in [1.54, 1.807) is 0 Å². The molecule has 0 aromatic carbocycles. The van der Waals surface area contributed by atoms with Gasteiger partial charge in [-0.25, -0.2) is 0 Å². The molecule has 0 aromatic rings. The number of carbonyl (C=O) groups excluding carboxylic acids is 1. The van der Waals surface area contributed by atoms with Gasteiger partial charge in [0.2, 0.25) is 6.41 Å². The Labute approximate surface area is 48.6 Å². The summed E-state index contributed by atoms with van der Waals surface area (Å²) in [4.78, 5) is 9.77. The van der Waals surface area contributed by atoms with Crippen LogP contribution in [0.2, 0.25) is 0 Å². The maximum absolute atomic E-state index is 9.77. The molecule has 0 saturated heterocycles. The summed E-state index contributed by atoms with van der Waals surface area (Å²) in [6, 6.07) is 0.394. The number of hydrogen-bond acceptors (Lipinski definition) is 1. The fourth-order valence-corrected chi connectivity index (χ4v) is 0.754. The Kier molecular flexibility index (Phi) is 1.33. The standard InChI is InChI=1S/C6H9NO/c1-2-5-3-6(5)7-4-8/h2,4-6H,1,3H2,(H,7,8). The molecular formula is C6H9NO. The Morgan fingerprint density at radius 3 is 2.88 bits per heavy atom. The van der Waals surface area contributed by atoms with Crippen molar-refractivity contribution in [2.75, 3.05) is 0 Å². The van der Waals surface area contributed by atoms with Gasteiger partial charge >= 0.3 is 0 Å². The monoisotopic (exact) mass is 111 g/mol. The summed E-state index contributed by atoms with van der Waals surface area (Å²) in [6.45, 7) is 3.60. The van der Waals surface area contributed by atoms with Gasteiger partial charge < -0.3 is 5.32 Å². The molecule has 2 nitrogen and oxygen atoms in total. The van der Waals surface area contributed by atoms with Crippen LogP contribution in [0.15, 0.2) is 12.7 Å². The molecule has 2 atom stereocenters. The van der Waals surface area contributed by atoms with Crippen LogP contribution >= 0.6 is 0 Å². The molecule has 0 aromatic heterocycles. The second-order valence-electron chi connectivity index (χ2n) is 2.03. The molecule has 2 unspecified atom stereocenters. The van der Waals surface area contributed by atoms with Crippen molar-refractivity contribution >= 4 is 6.41 Å². The molecule has 1 N–H and O–H groups in total. The number of nitrogens with one attached hydrogen (secondary N) is 1. The molecule has 1 amide bonds. The number of hydrogen-bond donors (Lipinski definition) is 1. The molecule has 0 bridgehead atoms. The fraction of sp³-hybridized carbons (Fsp3) is 0.500. The third-order valence-electron chi connectivity index (χ3n) is 1.42. The Morgan fingerprint density at radius 1 is 1.75 bits per heavy atom. The van der Waals surface area contributed by atoms with Gasteiger partial charge in [-0.3, -0.25) is 4.79 Å². The van der Waals surface area contributed by atoms with Crippen LogP contribution in [-0.2, 0) is 4.79 Å². The Balaban J connectivity index is 2.16. The molecule has 0 heterocycles. The van der Waals surface area contributed by atoms with Crippen LogP contribution in [0.1, 0.15) is 6.42 Å². The van der Waals surface area contributed by atoms with Crippen LogP contribution in [0.5, 0.6) is 0 Å². The minimum Gasteiger partial charge on any atom is -0.355 e. The number of rotatable bonds is 3. The van der Waals surface area contributed by atoms with E-state index in [1.165, 1.54) is 0 Å². The van der Waals surface area contributed by atoms with Crippen LogP contribution in [0.3, 0.4) is 0 Å². The maximum atomic E-state index is 9.77. The van der Waals surface area contributed by atoms with Gasteiger partial charge in [0, 0.05) is 6.04 Å². The molecule has 1 aliphatic rings. The lowest BCUT2D eigenvalue weighted by Gasteiger charge is -1.87. The lowest BCUT2D eigenvalue weighted by molar-refractivity contribution is -0.109. The van der Waals surface area contributed by atoms with Crippen molar-refractivity contribution in [3.63, 3.8) is 0 Å². The Hall–Kier alpha value is -0.790. The molecule has 1 fully saturated rings. The topological polar surface area (TPSA) is 29.1 Å². The fourth-order valence-electron chi connectivity index (χ4n) is 0.754. The zero-order valence-corrected chi connectivity index (χ0v) is 4.63. The molecular weight excluding hydrogens is 102 g/mol. The van der Waals surface area contributed by atoms with Crippen LogP contribution < -0.4 is 5.32 Å². The van der Waals surface area contributed by atoms with Gasteiger partial charge in [0.1, 0.15) is 0 Å². The van der Waals surface area contributed by atoms with Crippen molar-refractivity contribution < 1.29 is 4.79 Å². The van der Waals surface area contributed by atoms with Gasteiger partial charge in [0.05, 0.1) is 0 Å². The van der Waals surface area contributed by atoms with E-state index in [4.69, 9.17) is 0 Å². The predicted molar refractivity (Wildman–Crippen MR) is 31.3 cm³/mol. The minimum absolute atomic E-state index is 0.394. The molecule has 0 spiro atoms.